The summed E-state index contributed by atoms with van der Waals surface area (Å²) in [6.07, 6.45) is -5.18. The number of hydrogen-bond acceptors (Lipinski definition) is 1. The van der Waals surface area contributed by atoms with Crippen molar-refractivity contribution < 1.29 is 17.6 Å². The van der Waals surface area contributed by atoms with Crippen LogP contribution in [0.25, 0.3) is 0 Å². The first-order chi connectivity index (χ1) is 5.93. The van der Waals surface area contributed by atoms with Crippen LogP contribution in [-0.4, -0.2) is 30.5 Å². The summed E-state index contributed by atoms with van der Waals surface area (Å²) >= 11 is 0. The van der Waals surface area contributed by atoms with Gasteiger partial charge in [-0.1, -0.05) is 6.58 Å². The molecule has 0 amide bonds. The first kappa shape index (κ1) is 10.5. The molecule has 1 aliphatic heterocycles. The van der Waals surface area contributed by atoms with Crippen LogP contribution in [-0.2, 0) is 0 Å². The van der Waals surface area contributed by atoms with Crippen LogP contribution in [0.3, 0.4) is 0 Å². The highest BCUT2D eigenvalue weighted by Crippen LogP contribution is 2.30. The molecule has 1 nitrogen and oxygen atoms in total. The first-order valence-corrected chi connectivity index (χ1v) is 4.07. The van der Waals surface area contributed by atoms with Crippen LogP contribution in [0.4, 0.5) is 17.6 Å². The predicted molar refractivity (Wildman–Crippen MR) is 40.9 cm³/mol. The average Bonchev–Trinajstić information content (AvgIpc) is 2.51. The maximum Gasteiger partial charge on any atom is 0.416 e. The number of likely N-dealkylation sites (tertiary alicyclic amines) is 1. The summed E-state index contributed by atoms with van der Waals surface area (Å²) in [6.45, 7) is 3.50. The van der Waals surface area contributed by atoms with E-state index >= 15 is 0 Å². The van der Waals surface area contributed by atoms with Crippen molar-refractivity contribution in [2.45, 2.75) is 25.3 Å². The van der Waals surface area contributed by atoms with Gasteiger partial charge in [-0.25, -0.2) is 4.39 Å². The van der Waals surface area contributed by atoms with Crippen LogP contribution in [0.15, 0.2) is 12.2 Å². The van der Waals surface area contributed by atoms with E-state index in [0.29, 0.717) is 13.1 Å². The van der Waals surface area contributed by atoms with Gasteiger partial charge in [-0.15, -0.1) is 0 Å². The van der Waals surface area contributed by atoms with Gasteiger partial charge in [0.25, 0.3) is 0 Å². The third kappa shape index (κ3) is 2.43. The molecule has 0 aromatic carbocycles. The molecule has 1 heterocycles. The molecule has 1 rings (SSSR count). The summed E-state index contributed by atoms with van der Waals surface area (Å²) in [4.78, 5) is 1.16. The van der Waals surface area contributed by atoms with E-state index in [1.807, 2.05) is 0 Å². The van der Waals surface area contributed by atoms with E-state index in [2.05, 4.69) is 6.58 Å². The first-order valence-electron chi connectivity index (χ1n) is 4.07. The Bertz CT molecular complexity index is 193. The normalized spacial score (nSPS) is 21.8. The lowest BCUT2D eigenvalue weighted by molar-refractivity contribution is -0.109. The quantitative estimate of drug-likeness (QED) is 0.373. The van der Waals surface area contributed by atoms with E-state index in [-0.39, 0.29) is 0 Å². The van der Waals surface area contributed by atoms with Crippen molar-refractivity contribution in [3.63, 3.8) is 0 Å². The summed E-state index contributed by atoms with van der Waals surface area (Å²) in [6, 6.07) is 0. The second kappa shape index (κ2) is 3.65. The molecule has 0 radical (unpaired) electrons. The Morgan fingerprint density at radius 1 is 1.23 bits per heavy atom. The van der Waals surface area contributed by atoms with Crippen LogP contribution < -0.4 is 0 Å². The van der Waals surface area contributed by atoms with Crippen LogP contribution in [0.1, 0.15) is 12.8 Å². The molecule has 0 aromatic heterocycles. The zero-order chi connectivity index (χ0) is 10.1. The Labute approximate surface area is 74.0 Å². The van der Waals surface area contributed by atoms with Crippen molar-refractivity contribution in [3.05, 3.63) is 12.2 Å². The molecule has 5 heteroatoms. The van der Waals surface area contributed by atoms with Crippen molar-refractivity contribution in [2.75, 3.05) is 13.1 Å². The number of rotatable bonds is 2. The highest BCUT2D eigenvalue weighted by molar-refractivity contribution is 5.08. The molecule has 0 spiro atoms. The number of hydrogen-bond donors (Lipinski definition) is 0. The maximum absolute atomic E-state index is 13.1. The largest absolute Gasteiger partial charge is 0.416 e. The Hall–Kier alpha value is -0.580. The maximum atomic E-state index is 13.1. The van der Waals surface area contributed by atoms with Gasteiger partial charge in [0, 0.05) is 13.1 Å². The summed E-state index contributed by atoms with van der Waals surface area (Å²) in [5.41, 5.74) is -1.30. The lowest BCUT2D eigenvalue weighted by atomic mass is 10.2. The van der Waals surface area contributed by atoms with Crippen LogP contribution in [0.2, 0.25) is 0 Å². The van der Waals surface area contributed by atoms with Crippen molar-refractivity contribution in [3.8, 4) is 0 Å². The fraction of sp³-hybridized carbons (Fsp3) is 0.750. The SMILES string of the molecule is C=C(C(F)N1CCCC1)C(F)(F)F. The van der Waals surface area contributed by atoms with Crippen LogP contribution >= 0.6 is 0 Å². The third-order valence-electron chi connectivity index (χ3n) is 2.11. The molecule has 1 unspecified atom stereocenters. The topological polar surface area (TPSA) is 3.24 Å². The molecule has 0 aromatic rings. The van der Waals surface area contributed by atoms with Crippen molar-refractivity contribution in [1.29, 1.82) is 0 Å². The molecule has 1 aliphatic rings. The minimum atomic E-state index is -4.62. The number of halogens is 4. The molecule has 0 N–H and O–H groups in total. The lowest BCUT2D eigenvalue weighted by Crippen LogP contribution is -2.35. The summed E-state index contributed by atoms with van der Waals surface area (Å²) in [5.74, 6) is 0. The van der Waals surface area contributed by atoms with Crippen molar-refractivity contribution in [2.24, 2.45) is 0 Å². The van der Waals surface area contributed by atoms with Gasteiger partial charge in [-0.3, -0.25) is 4.90 Å². The third-order valence-corrected chi connectivity index (χ3v) is 2.11. The van der Waals surface area contributed by atoms with Crippen molar-refractivity contribution in [1.82, 2.24) is 4.90 Å². The van der Waals surface area contributed by atoms with E-state index in [1.54, 1.807) is 0 Å². The molecule has 13 heavy (non-hydrogen) atoms. The number of alkyl halides is 4. The molecular weight excluding hydrogens is 186 g/mol. The predicted octanol–water partition coefficient (Wildman–Crippen LogP) is 2.50. The highest BCUT2D eigenvalue weighted by atomic mass is 19.4. The van der Waals surface area contributed by atoms with Gasteiger partial charge in [0.15, 0.2) is 6.30 Å². The molecule has 76 valence electrons. The monoisotopic (exact) mass is 197 g/mol. The zero-order valence-corrected chi connectivity index (χ0v) is 7.07. The van der Waals surface area contributed by atoms with E-state index < -0.39 is 18.0 Å². The Morgan fingerprint density at radius 3 is 2.08 bits per heavy atom. The average molecular weight is 197 g/mol. The van der Waals surface area contributed by atoms with Gasteiger partial charge in [0.1, 0.15) is 0 Å². The molecule has 1 saturated heterocycles. The zero-order valence-electron chi connectivity index (χ0n) is 7.07. The fourth-order valence-corrected chi connectivity index (χ4v) is 1.32. The van der Waals surface area contributed by atoms with E-state index in [9.17, 15) is 17.6 Å². The van der Waals surface area contributed by atoms with E-state index in [0.717, 1.165) is 17.7 Å². The lowest BCUT2D eigenvalue weighted by Gasteiger charge is -2.23. The molecular formula is C8H11F4N. The van der Waals surface area contributed by atoms with Gasteiger partial charge >= 0.3 is 6.18 Å². The molecule has 0 bridgehead atoms. The number of nitrogens with zero attached hydrogens (tertiary/aromatic N) is 1. The molecule has 1 fully saturated rings. The van der Waals surface area contributed by atoms with E-state index in [4.69, 9.17) is 0 Å². The van der Waals surface area contributed by atoms with Gasteiger partial charge in [0.2, 0.25) is 0 Å². The second-order valence-electron chi connectivity index (χ2n) is 3.10. The Kier molecular flexibility index (Phi) is 2.95. The smallest absolute Gasteiger partial charge is 0.270 e. The van der Waals surface area contributed by atoms with Gasteiger partial charge < -0.3 is 0 Å². The van der Waals surface area contributed by atoms with E-state index in [1.165, 1.54) is 0 Å². The molecule has 1 atom stereocenters. The molecule has 0 aliphatic carbocycles. The Balaban J connectivity index is 2.56. The molecule has 0 saturated carbocycles. The highest BCUT2D eigenvalue weighted by Gasteiger charge is 2.40. The Morgan fingerprint density at radius 2 is 1.69 bits per heavy atom. The van der Waals surface area contributed by atoms with Gasteiger partial charge in [-0.05, 0) is 12.8 Å². The van der Waals surface area contributed by atoms with Gasteiger partial charge in [-0.2, -0.15) is 13.2 Å². The van der Waals surface area contributed by atoms with Crippen molar-refractivity contribution >= 4 is 0 Å². The minimum absolute atomic E-state index is 0.385. The summed E-state index contributed by atoms with van der Waals surface area (Å²) in [5, 5.41) is 0. The standard InChI is InChI=1S/C8H11F4N/c1-6(8(10,11)12)7(9)13-4-2-3-5-13/h7H,1-5H2. The van der Waals surface area contributed by atoms with Crippen LogP contribution in [0, 0.1) is 0 Å². The summed E-state index contributed by atoms with van der Waals surface area (Å²) < 4.78 is 49.1. The van der Waals surface area contributed by atoms with Gasteiger partial charge in [0.05, 0.1) is 5.57 Å². The minimum Gasteiger partial charge on any atom is -0.270 e. The second-order valence-corrected chi connectivity index (χ2v) is 3.10. The van der Waals surface area contributed by atoms with Crippen LogP contribution in [0.5, 0.6) is 0 Å². The fourth-order valence-electron chi connectivity index (χ4n) is 1.32. The summed E-state index contributed by atoms with van der Waals surface area (Å²) in [7, 11) is 0.